The lowest BCUT2D eigenvalue weighted by molar-refractivity contribution is -0.145. The number of nitrogens with zero attached hydrogens (tertiary/aromatic N) is 3. The van der Waals surface area contributed by atoms with Crippen molar-refractivity contribution in [3.05, 3.63) is 0 Å². The molecule has 0 radical (unpaired) electrons. The molecule has 2 unspecified atom stereocenters. The zero-order chi connectivity index (χ0) is 17.0. The molecule has 2 fully saturated rings. The quantitative estimate of drug-likeness (QED) is 0.413. The number of hydrogen-bond acceptors (Lipinski definition) is 5. The van der Waals surface area contributed by atoms with E-state index in [4.69, 9.17) is 4.74 Å². The minimum absolute atomic E-state index is 0.155. The fourth-order valence-electron chi connectivity index (χ4n) is 3.17. The zero-order valence-corrected chi connectivity index (χ0v) is 14.8. The largest absolute Gasteiger partial charge is 0.469 e. The molecular formula is C14H26N4O4S. The van der Waals surface area contributed by atoms with Gasteiger partial charge in [0.05, 0.1) is 18.8 Å². The van der Waals surface area contributed by atoms with Crippen molar-refractivity contribution in [2.75, 3.05) is 52.6 Å². The summed E-state index contributed by atoms with van der Waals surface area (Å²) in [6.07, 6.45) is 0.696. The Labute approximate surface area is 137 Å². The third kappa shape index (κ3) is 4.14. The molecule has 0 aliphatic carbocycles. The van der Waals surface area contributed by atoms with Gasteiger partial charge in [-0.05, 0) is 12.3 Å². The molecule has 2 heterocycles. The number of carbonyl (C=O) groups is 1. The van der Waals surface area contributed by atoms with Gasteiger partial charge in [0, 0.05) is 39.8 Å². The van der Waals surface area contributed by atoms with Crippen molar-refractivity contribution >= 4 is 22.0 Å². The first-order valence-corrected chi connectivity index (χ1v) is 9.51. The van der Waals surface area contributed by atoms with Gasteiger partial charge in [0.25, 0.3) is 0 Å². The van der Waals surface area contributed by atoms with Crippen LogP contribution in [0.25, 0.3) is 0 Å². The monoisotopic (exact) mass is 346 g/mol. The summed E-state index contributed by atoms with van der Waals surface area (Å²) in [5, 5.41) is 3.19. The highest BCUT2D eigenvalue weighted by Crippen LogP contribution is 2.24. The van der Waals surface area contributed by atoms with Crippen molar-refractivity contribution in [2.45, 2.75) is 13.3 Å². The van der Waals surface area contributed by atoms with Crippen molar-refractivity contribution in [1.82, 2.24) is 14.5 Å². The van der Waals surface area contributed by atoms with Crippen molar-refractivity contribution in [3.8, 4) is 0 Å². The number of carbonyl (C=O) groups excluding carboxylic acids is 1. The van der Waals surface area contributed by atoms with Crippen LogP contribution >= 0.6 is 0 Å². The molecule has 2 saturated heterocycles. The molecule has 0 spiro atoms. The van der Waals surface area contributed by atoms with Crippen molar-refractivity contribution in [3.63, 3.8) is 0 Å². The van der Waals surface area contributed by atoms with Crippen LogP contribution in [0.15, 0.2) is 4.99 Å². The third-order valence-corrected chi connectivity index (χ3v) is 6.43. The predicted molar refractivity (Wildman–Crippen MR) is 87.6 cm³/mol. The lowest BCUT2D eigenvalue weighted by Crippen LogP contribution is -2.44. The SMILES string of the molecule is CN=C(NCCN1CCCS1(=O)=O)N1CC(C)C(C(=O)OC)C1. The van der Waals surface area contributed by atoms with Crippen molar-refractivity contribution in [2.24, 2.45) is 16.8 Å². The van der Waals surface area contributed by atoms with E-state index in [9.17, 15) is 13.2 Å². The first kappa shape index (κ1) is 18.0. The Hall–Kier alpha value is -1.35. The van der Waals surface area contributed by atoms with Crippen LogP contribution in [-0.4, -0.2) is 82.2 Å². The van der Waals surface area contributed by atoms with E-state index in [1.165, 1.54) is 11.4 Å². The highest BCUT2D eigenvalue weighted by molar-refractivity contribution is 7.89. The molecule has 2 rings (SSSR count). The number of nitrogens with one attached hydrogen (secondary N) is 1. The van der Waals surface area contributed by atoms with Gasteiger partial charge in [-0.1, -0.05) is 6.92 Å². The van der Waals surface area contributed by atoms with E-state index in [0.717, 1.165) is 6.54 Å². The van der Waals surface area contributed by atoms with Crippen LogP contribution in [0.3, 0.4) is 0 Å². The molecule has 9 heteroatoms. The summed E-state index contributed by atoms with van der Waals surface area (Å²) >= 11 is 0. The van der Waals surface area contributed by atoms with Crippen LogP contribution in [0.4, 0.5) is 0 Å². The molecule has 2 atom stereocenters. The first-order valence-electron chi connectivity index (χ1n) is 7.90. The number of guanidine groups is 1. The molecule has 0 aromatic rings. The van der Waals surface area contributed by atoms with Crippen molar-refractivity contribution in [1.29, 1.82) is 0 Å². The van der Waals surface area contributed by atoms with Crippen LogP contribution < -0.4 is 5.32 Å². The molecule has 0 bridgehead atoms. The fourth-order valence-corrected chi connectivity index (χ4v) is 4.69. The van der Waals surface area contributed by atoms with Crippen LogP contribution in [0, 0.1) is 11.8 Å². The average molecular weight is 346 g/mol. The van der Waals surface area contributed by atoms with Gasteiger partial charge in [0.2, 0.25) is 10.0 Å². The second-order valence-corrected chi connectivity index (χ2v) is 8.14. The maximum Gasteiger partial charge on any atom is 0.310 e. The minimum Gasteiger partial charge on any atom is -0.469 e. The van der Waals surface area contributed by atoms with Gasteiger partial charge in [-0.2, -0.15) is 0 Å². The van der Waals surface area contributed by atoms with Crippen molar-refractivity contribution < 1.29 is 17.9 Å². The Bertz CT molecular complexity index is 563. The van der Waals surface area contributed by atoms with E-state index in [1.807, 2.05) is 11.8 Å². The third-order valence-electron chi connectivity index (χ3n) is 4.48. The number of ether oxygens (including phenoxy) is 1. The fraction of sp³-hybridized carbons (Fsp3) is 0.857. The van der Waals surface area contributed by atoms with E-state index in [-0.39, 0.29) is 23.6 Å². The summed E-state index contributed by atoms with van der Waals surface area (Å²) in [5.74, 6) is 0.780. The van der Waals surface area contributed by atoms with Crippen LogP contribution in [0.5, 0.6) is 0 Å². The Morgan fingerprint density at radius 2 is 2.13 bits per heavy atom. The van der Waals surface area contributed by atoms with Gasteiger partial charge >= 0.3 is 5.97 Å². The summed E-state index contributed by atoms with van der Waals surface area (Å²) in [4.78, 5) is 18.0. The zero-order valence-electron chi connectivity index (χ0n) is 14.0. The molecule has 23 heavy (non-hydrogen) atoms. The summed E-state index contributed by atoms with van der Waals surface area (Å²) in [7, 11) is 0.0253. The Balaban J connectivity index is 1.86. The van der Waals surface area contributed by atoms with E-state index in [2.05, 4.69) is 10.3 Å². The Morgan fingerprint density at radius 1 is 1.39 bits per heavy atom. The molecular weight excluding hydrogens is 320 g/mol. The minimum atomic E-state index is -3.06. The number of likely N-dealkylation sites (tertiary alicyclic amines) is 1. The van der Waals surface area contributed by atoms with Crippen LogP contribution in [0.2, 0.25) is 0 Å². The molecule has 0 saturated carbocycles. The molecule has 132 valence electrons. The normalized spacial score (nSPS) is 28.1. The van der Waals surface area contributed by atoms with Gasteiger partial charge in [0.1, 0.15) is 0 Å². The summed E-state index contributed by atoms with van der Waals surface area (Å²) < 4.78 is 29.9. The maximum atomic E-state index is 11.8. The molecule has 1 N–H and O–H groups in total. The van der Waals surface area contributed by atoms with E-state index < -0.39 is 10.0 Å². The van der Waals surface area contributed by atoms with Crippen LogP contribution in [-0.2, 0) is 19.6 Å². The lowest BCUT2D eigenvalue weighted by Gasteiger charge is -2.22. The predicted octanol–water partition coefficient (Wildman–Crippen LogP) is -0.662. The van der Waals surface area contributed by atoms with E-state index >= 15 is 0 Å². The Kier molecular flexibility index (Phi) is 5.85. The van der Waals surface area contributed by atoms with E-state index in [1.54, 1.807) is 7.05 Å². The summed E-state index contributed by atoms with van der Waals surface area (Å²) in [6, 6.07) is 0. The molecule has 0 aromatic heterocycles. The first-order chi connectivity index (χ1) is 10.9. The lowest BCUT2D eigenvalue weighted by atomic mass is 9.99. The molecule has 2 aliphatic heterocycles. The second-order valence-electron chi connectivity index (χ2n) is 6.05. The van der Waals surface area contributed by atoms with Gasteiger partial charge in [-0.15, -0.1) is 0 Å². The second kappa shape index (κ2) is 7.48. The topological polar surface area (TPSA) is 91.3 Å². The molecule has 2 aliphatic rings. The molecule has 8 nitrogen and oxygen atoms in total. The molecule has 0 amide bonds. The number of aliphatic imine (C=N–C) groups is 1. The number of methoxy groups -OCH3 is 1. The maximum absolute atomic E-state index is 11.8. The van der Waals surface area contributed by atoms with Gasteiger partial charge in [-0.3, -0.25) is 9.79 Å². The highest BCUT2D eigenvalue weighted by Gasteiger charge is 2.37. The van der Waals surface area contributed by atoms with Crippen LogP contribution in [0.1, 0.15) is 13.3 Å². The van der Waals surface area contributed by atoms with Gasteiger partial charge in [0.15, 0.2) is 5.96 Å². The van der Waals surface area contributed by atoms with E-state index in [0.29, 0.717) is 38.6 Å². The number of rotatable bonds is 4. The number of hydrogen-bond donors (Lipinski definition) is 1. The highest BCUT2D eigenvalue weighted by atomic mass is 32.2. The summed E-state index contributed by atoms with van der Waals surface area (Å²) in [5.41, 5.74) is 0. The Morgan fingerprint density at radius 3 is 2.70 bits per heavy atom. The molecule has 0 aromatic carbocycles. The summed E-state index contributed by atoms with van der Waals surface area (Å²) in [6.45, 7) is 4.83. The van der Waals surface area contributed by atoms with Gasteiger partial charge < -0.3 is 15.0 Å². The number of sulfonamides is 1. The smallest absolute Gasteiger partial charge is 0.310 e. The standard InChI is InChI=1S/C14H26N4O4S/c1-11-9-17(10-12(11)13(19)22-3)14(15-2)16-5-7-18-6-4-8-23(18,20)21/h11-12H,4-10H2,1-3H3,(H,15,16). The van der Waals surface area contributed by atoms with Gasteiger partial charge in [-0.25, -0.2) is 12.7 Å². The number of esters is 1. The average Bonchev–Trinajstić information content (AvgIpc) is 3.05.